The van der Waals surface area contributed by atoms with Crippen LogP contribution in [0.3, 0.4) is 0 Å². The Hall–Kier alpha value is -1.47. The van der Waals surface area contributed by atoms with Crippen molar-refractivity contribution in [1.82, 2.24) is 4.72 Å². The third-order valence-electron chi connectivity index (χ3n) is 4.62. The molecule has 4 atom stereocenters. The van der Waals surface area contributed by atoms with E-state index in [9.17, 15) is 22.7 Å². The lowest BCUT2D eigenvalue weighted by atomic mass is 9.85. The summed E-state index contributed by atoms with van der Waals surface area (Å²) in [6, 6.07) is 3.94. The molecule has 0 radical (unpaired) electrons. The van der Waals surface area contributed by atoms with E-state index in [0.717, 1.165) is 31.4 Å². The van der Waals surface area contributed by atoms with Crippen LogP contribution in [0.4, 0.5) is 4.39 Å². The lowest BCUT2D eigenvalue weighted by molar-refractivity contribution is -0.144. The van der Waals surface area contributed by atoms with Crippen LogP contribution in [0.2, 0.25) is 0 Å². The molecule has 0 aromatic heterocycles. The van der Waals surface area contributed by atoms with E-state index in [0.29, 0.717) is 0 Å². The molecule has 2 saturated carbocycles. The van der Waals surface area contributed by atoms with Crippen LogP contribution >= 0.6 is 0 Å². The van der Waals surface area contributed by atoms with Gasteiger partial charge in [0.2, 0.25) is 10.0 Å². The van der Waals surface area contributed by atoms with Gasteiger partial charge in [0.05, 0.1) is 10.8 Å². The van der Waals surface area contributed by atoms with Crippen LogP contribution in [0, 0.1) is 23.6 Å². The van der Waals surface area contributed by atoms with Crippen LogP contribution in [-0.4, -0.2) is 25.5 Å². The zero-order valence-corrected chi connectivity index (χ0v) is 12.0. The number of carboxylic acids is 1. The number of benzene rings is 1. The summed E-state index contributed by atoms with van der Waals surface area (Å²) in [5, 5.41) is 9.33. The largest absolute Gasteiger partial charge is 0.481 e. The summed E-state index contributed by atoms with van der Waals surface area (Å²) in [6.45, 7) is 0. The molecule has 1 aromatic carbocycles. The van der Waals surface area contributed by atoms with Crippen molar-refractivity contribution in [1.29, 1.82) is 0 Å². The molecule has 21 heavy (non-hydrogen) atoms. The first-order valence-corrected chi connectivity index (χ1v) is 8.37. The van der Waals surface area contributed by atoms with Gasteiger partial charge >= 0.3 is 5.97 Å². The first kappa shape index (κ1) is 14.5. The van der Waals surface area contributed by atoms with Crippen molar-refractivity contribution < 1.29 is 22.7 Å². The number of nitrogens with one attached hydrogen (secondary N) is 1. The average Bonchev–Trinajstić information content (AvgIpc) is 2.99. The minimum atomic E-state index is -3.83. The Balaban J connectivity index is 1.85. The second-order valence-electron chi connectivity index (χ2n) is 5.80. The van der Waals surface area contributed by atoms with E-state index in [2.05, 4.69) is 4.72 Å². The molecule has 2 N–H and O–H groups in total. The van der Waals surface area contributed by atoms with Crippen LogP contribution in [-0.2, 0) is 14.8 Å². The van der Waals surface area contributed by atoms with E-state index >= 15 is 0 Å². The van der Waals surface area contributed by atoms with Crippen molar-refractivity contribution in [2.75, 3.05) is 0 Å². The predicted molar refractivity (Wildman–Crippen MR) is 72.5 cm³/mol. The molecule has 0 heterocycles. The zero-order chi connectivity index (χ0) is 15.2. The summed E-state index contributed by atoms with van der Waals surface area (Å²) in [6.07, 6.45) is 2.45. The third kappa shape index (κ3) is 2.55. The molecular weight excluding hydrogens is 297 g/mol. The Morgan fingerprint density at radius 2 is 1.81 bits per heavy atom. The predicted octanol–water partition coefficient (Wildman–Crippen LogP) is 1.60. The van der Waals surface area contributed by atoms with Gasteiger partial charge in [-0.2, -0.15) is 0 Å². The maximum atomic E-state index is 12.9. The third-order valence-corrected chi connectivity index (χ3v) is 6.09. The molecule has 4 unspecified atom stereocenters. The van der Waals surface area contributed by atoms with Crippen LogP contribution in [0.25, 0.3) is 0 Å². The van der Waals surface area contributed by atoms with Crippen LogP contribution in [0.1, 0.15) is 19.3 Å². The number of carboxylic acid groups (broad SMARTS) is 1. The fourth-order valence-corrected chi connectivity index (χ4v) is 5.01. The number of fused-ring (bicyclic) bond motifs is 2. The Morgan fingerprint density at radius 1 is 1.19 bits per heavy atom. The van der Waals surface area contributed by atoms with Gasteiger partial charge in [0, 0.05) is 6.04 Å². The molecule has 0 saturated heterocycles. The zero-order valence-electron chi connectivity index (χ0n) is 11.2. The standard InChI is InChI=1S/C14H16FNO4S/c15-10-3-5-11(6-4-10)21(19,20)16-13-9-2-1-8(7-9)12(13)14(17)18/h3-6,8-9,12-13,16H,1-2,7H2,(H,17,18). The molecule has 2 bridgehead atoms. The molecule has 2 aliphatic carbocycles. The maximum Gasteiger partial charge on any atom is 0.308 e. The normalized spacial score (nSPS) is 31.5. The molecule has 114 valence electrons. The van der Waals surface area contributed by atoms with Crippen molar-refractivity contribution in [2.45, 2.75) is 30.2 Å². The first-order valence-electron chi connectivity index (χ1n) is 6.89. The number of hydrogen-bond acceptors (Lipinski definition) is 3. The van der Waals surface area contributed by atoms with E-state index in [1.54, 1.807) is 0 Å². The second kappa shape index (κ2) is 5.06. The lowest BCUT2D eigenvalue weighted by Crippen LogP contribution is -2.46. The highest BCUT2D eigenvalue weighted by atomic mass is 32.2. The minimum Gasteiger partial charge on any atom is -0.481 e. The molecule has 0 amide bonds. The highest BCUT2D eigenvalue weighted by Crippen LogP contribution is 2.48. The monoisotopic (exact) mass is 313 g/mol. The van der Waals surface area contributed by atoms with Gasteiger partial charge in [-0.05, 0) is 55.4 Å². The number of rotatable bonds is 4. The van der Waals surface area contributed by atoms with E-state index in [-0.39, 0.29) is 16.7 Å². The molecule has 3 rings (SSSR count). The van der Waals surface area contributed by atoms with Gasteiger partial charge in [0.15, 0.2) is 0 Å². The van der Waals surface area contributed by atoms with E-state index in [1.807, 2.05) is 0 Å². The molecular formula is C14H16FNO4S. The molecule has 2 aliphatic rings. The number of sulfonamides is 1. The Kier molecular flexibility index (Phi) is 3.49. The summed E-state index contributed by atoms with van der Waals surface area (Å²) in [5.74, 6) is -2.01. The van der Waals surface area contributed by atoms with Crippen LogP contribution in [0.15, 0.2) is 29.2 Å². The molecule has 0 aliphatic heterocycles. The van der Waals surface area contributed by atoms with Crippen molar-refractivity contribution >= 4 is 16.0 Å². The van der Waals surface area contributed by atoms with Gasteiger partial charge in [0.25, 0.3) is 0 Å². The van der Waals surface area contributed by atoms with E-state index in [4.69, 9.17) is 0 Å². The van der Waals surface area contributed by atoms with Crippen LogP contribution in [0.5, 0.6) is 0 Å². The Morgan fingerprint density at radius 3 is 2.43 bits per heavy atom. The van der Waals surface area contributed by atoms with Crippen molar-refractivity contribution in [3.8, 4) is 0 Å². The molecule has 7 heteroatoms. The molecule has 2 fully saturated rings. The number of halogens is 1. The second-order valence-corrected chi connectivity index (χ2v) is 7.51. The van der Waals surface area contributed by atoms with Gasteiger partial charge in [-0.3, -0.25) is 4.79 Å². The maximum absolute atomic E-state index is 12.9. The van der Waals surface area contributed by atoms with Gasteiger partial charge in [-0.15, -0.1) is 0 Å². The van der Waals surface area contributed by atoms with E-state index in [1.165, 1.54) is 12.1 Å². The quantitative estimate of drug-likeness (QED) is 0.884. The smallest absolute Gasteiger partial charge is 0.308 e. The average molecular weight is 313 g/mol. The van der Waals surface area contributed by atoms with Crippen molar-refractivity contribution in [3.63, 3.8) is 0 Å². The summed E-state index contributed by atoms with van der Waals surface area (Å²) in [4.78, 5) is 11.3. The SMILES string of the molecule is O=C(O)C1C2CCC(C2)C1NS(=O)(=O)c1ccc(F)cc1. The highest BCUT2D eigenvalue weighted by molar-refractivity contribution is 7.89. The minimum absolute atomic E-state index is 0.0455. The summed E-state index contributed by atoms with van der Waals surface area (Å²) in [7, 11) is -3.83. The van der Waals surface area contributed by atoms with Gasteiger partial charge < -0.3 is 5.11 Å². The van der Waals surface area contributed by atoms with Crippen molar-refractivity contribution in [2.24, 2.45) is 17.8 Å². The highest BCUT2D eigenvalue weighted by Gasteiger charge is 2.52. The molecule has 1 aromatic rings. The van der Waals surface area contributed by atoms with E-state index < -0.39 is 33.8 Å². The van der Waals surface area contributed by atoms with Crippen LogP contribution < -0.4 is 4.72 Å². The van der Waals surface area contributed by atoms with Gasteiger partial charge in [-0.1, -0.05) is 0 Å². The number of hydrogen-bond donors (Lipinski definition) is 2. The topological polar surface area (TPSA) is 83.5 Å². The molecule has 0 spiro atoms. The lowest BCUT2D eigenvalue weighted by Gasteiger charge is -2.28. The fraction of sp³-hybridized carbons (Fsp3) is 0.500. The first-order chi connectivity index (χ1) is 9.88. The van der Waals surface area contributed by atoms with Gasteiger partial charge in [0.1, 0.15) is 5.82 Å². The number of aliphatic carboxylic acids is 1. The Labute approximate surface area is 122 Å². The Bertz CT molecular complexity index is 658. The summed E-state index contributed by atoms with van der Waals surface area (Å²) < 4.78 is 40.0. The van der Waals surface area contributed by atoms with Gasteiger partial charge in [-0.25, -0.2) is 17.5 Å². The van der Waals surface area contributed by atoms with Crippen molar-refractivity contribution in [3.05, 3.63) is 30.1 Å². The number of carbonyl (C=O) groups is 1. The summed E-state index contributed by atoms with van der Waals surface area (Å²) >= 11 is 0. The summed E-state index contributed by atoms with van der Waals surface area (Å²) in [5.41, 5.74) is 0. The molecule has 5 nitrogen and oxygen atoms in total. The fourth-order valence-electron chi connectivity index (χ4n) is 3.68.